The van der Waals surface area contributed by atoms with Gasteiger partial charge in [-0.05, 0) is 36.6 Å². The van der Waals surface area contributed by atoms with Crippen molar-refractivity contribution in [2.75, 3.05) is 20.2 Å². The summed E-state index contributed by atoms with van der Waals surface area (Å²) in [6.07, 6.45) is 4.86. The van der Waals surface area contributed by atoms with Crippen LogP contribution >= 0.6 is 12.6 Å². The molecule has 0 aliphatic carbocycles. The highest BCUT2D eigenvalue weighted by atomic mass is 32.1. The van der Waals surface area contributed by atoms with E-state index < -0.39 is 23.8 Å². The highest BCUT2D eigenvalue weighted by Gasteiger charge is 2.34. The highest BCUT2D eigenvalue weighted by Crippen LogP contribution is 2.32. The van der Waals surface area contributed by atoms with E-state index in [0.29, 0.717) is 32.5 Å². The third kappa shape index (κ3) is 5.74. The smallest absolute Gasteiger partial charge is 0.327 e. The van der Waals surface area contributed by atoms with E-state index in [-0.39, 0.29) is 17.2 Å². The first-order valence-electron chi connectivity index (χ1n) is 10.1. The topological polar surface area (TPSA) is 84.7 Å². The monoisotopic (exact) mass is 447 g/mol. The van der Waals surface area contributed by atoms with E-state index in [0.717, 1.165) is 11.3 Å². The van der Waals surface area contributed by atoms with Crippen LogP contribution in [0.4, 0.5) is 4.39 Å². The van der Waals surface area contributed by atoms with Crippen LogP contribution in [-0.4, -0.2) is 57.2 Å². The highest BCUT2D eigenvalue weighted by molar-refractivity contribution is 7.81. The number of rotatable bonds is 8. The number of halogens is 1. The molecule has 2 unspecified atom stereocenters. The summed E-state index contributed by atoms with van der Waals surface area (Å²) < 4.78 is 21.2. The van der Waals surface area contributed by atoms with Crippen LogP contribution in [0.3, 0.4) is 0 Å². The maximum absolute atomic E-state index is 14.5. The first kappa shape index (κ1) is 23.0. The van der Waals surface area contributed by atoms with Crippen molar-refractivity contribution in [2.45, 2.75) is 37.1 Å². The predicted molar refractivity (Wildman–Crippen MR) is 117 cm³/mol. The van der Waals surface area contributed by atoms with Crippen LogP contribution in [0.2, 0.25) is 0 Å². The number of aromatic nitrogens is 2. The zero-order chi connectivity index (χ0) is 22.4. The van der Waals surface area contributed by atoms with Gasteiger partial charge in [-0.15, -0.1) is 0 Å². The van der Waals surface area contributed by atoms with Crippen molar-refractivity contribution in [1.29, 1.82) is 0 Å². The molecule has 1 aliphatic rings. The lowest BCUT2D eigenvalue weighted by molar-refractivity contribution is -0.147. The van der Waals surface area contributed by atoms with Gasteiger partial charge >= 0.3 is 11.9 Å². The molecule has 0 amide bonds. The van der Waals surface area contributed by atoms with Gasteiger partial charge in [0.1, 0.15) is 11.9 Å². The molecule has 1 fully saturated rings. The van der Waals surface area contributed by atoms with Gasteiger partial charge in [0.2, 0.25) is 0 Å². The fourth-order valence-corrected chi connectivity index (χ4v) is 4.03. The van der Waals surface area contributed by atoms with Crippen LogP contribution in [0.1, 0.15) is 36.6 Å². The van der Waals surface area contributed by atoms with Gasteiger partial charge in [-0.2, -0.15) is 17.7 Å². The van der Waals surface area contributed by atoms with Crippen LogP contribution < -0.4 is 0 Å². The molecule has 7 nitrogen and oxygen atoms in total. The number of aryl methyl sites for hydroxylation is 1. The fourth-order valence-electron chi connectivity index (χ4n) is 3.76. The summed E-state index contributed by atoms with van der Waals surface area (Å²) >= 11 is 4.70. The van der Waals surface area contributed by atoms with Crippen LogP contribution in [0.25, 0.3) is 6.08 Å². The summed E-state index contributed by atoms with van der Waals surface area (Å²) in [5, 5.41) is 13.1. The molecule has 1 saturated heterocycles. The molecule has 1 aromatic heterocycles. The Labute approximate surface area is 185 Å². The number of thiol groups is 1. The number of methoxy groups -OCH3 is 1. The molecule has 1 N–H and O–H groups in total. The zero-order valence-electron chi connectivity index (χ0n) is 17.3. The Morgan fingerprint density at radius 3 is 2.87 bits per heavy atom. The third-order valence-electron chi connectivity index (χ3n) is 5.34. The van der Waals surface area contributed by atoms with Gasteiger partial charge in [0, 0.05) is 43.1 Å². The Bertz CT molecular complexity index is 962. The largest absolute Gasteiger partial charge is 0.481 e. The second-order valence-electron chi connectivity index (χ2n) is 7.42. The Morgan fingerprint density at radius 1 is 1.39 bits per heavy atom. The average Bonchev–Trinajstić information content (AvgIpc) is 3.18. The second kappa shape index (κ2) is 10.6. The number of hydrogen-bond donors (Lipinski definition) is 2. The van der Waals surface area contributed by atoms with Crippen LogP contribution in [0.5, 0.6) is 0 Å². The average molecular weight is 448 g/mol. The molecule has 166 valence electrons. The second-order valence-corrected chi connectivity index (χ2v) is 8.04. The minimum atomic E-state index is -0.851. The molecule has 2 heterocycles. The quantitative estimate of drug-likeness (QED) is 0.478. The maximum Gasteiger partial charge on any atom is 0.327 e. The van der Waals surface area contributed by atoms with E-state index >= 15 is 0 Å². The molecule has 9 heteroatoms. The number of likely N-dealkylation sites (tertiary alicyclic amines) is 1. The lowest BCUT2D eigenvalue weighted by Crippen LogP contribution is -2.42. The Balaban J connectivity index is 1.84. The number of carboxylic acids is 1. The normalized spacial score (nSPS) is 19.3. The summed E-state index contributed by atoms with van der Waals surface area (Å²) in [5.41, 5.74) is 2.09. The first-order valence-corrected chi connectivity index (χ1v) is 10.6. The molecule has 0 bridgehead atoms. The molecule has 0 spiro atoms. The Kier molecular flexibility index (Phi) is 7.86. The van der Waals surface area contributed by atoms with Gasteiger partial charge in [0.05, 0.1) is 12.8 Å². The summed E-state index contributed by atoms with van der Waals surface area (Å²) in [7, 11) is 1.30. The Morgan fingerprint density at radius 2 is 2.16 bits per heavy atom. The molecule has 2 atom stereocenters. The van der Waals surface area contributed by atoms with Crippen molar-refractivity contribution >= 4 is 30.6 Å². The van der Waals surface area contributed by atoms with Crippen molar-refractivity contribution in [3.8, 4) is 0 Å². The molecular weight excluding hydrogens is 421 g/mol. The van der Waals surface area contributed by atoms with Gasteiger partial charge in [-0.3, -0.25) is 14.4 Å². The number of nitrogens with zero attached hydrogens (tertiary/aromatic N) is 3. The summed E-state index contributed by atoms with van der Waals surface area (Å²) in [6.45, 7) is 1.47. The van der Waals surface area contributed by atoms with E-state index in [1.165, 1.54) is 13.2 Å². The maximum atomic E-state index is 14.5. The van der Waals surface area contributed by atoms with Gasteiger partial charge in [-0.25, -0.2) is 9.18 Å². The fraction of sp³-hybridized carbons (Fsp3) is 0.409. The van der Waals surface area contributed by atoms with Crippen LogP contribution in [0.15, 0.2) is 42.1 Å². The molecule has 0 radical (unpaired) electrons. The first-order chi connectivity index (χ1) is 14.9. The number of benzene rings is 1. The van der Waals surface area contributed by atoms with Crippen molar-refractivity contribution in [2.24, 2.45) is 0 Å². The van der Waals surface area contributed by atoms with Gasteiger partial charge in [0.15, 0.2) is 0 Å². The third-order valence-corrected chi connectivity index (χ3v) is 5.93. The van der Waals surface area contributed by atoms with Gasteiger partial charge < -0.3 is 9.84 Å². The number of carbonyl (C=O) groups excluding carboxylic acids is 1. The SMILES string of the molecule is COC(=O)C(c1ccccc1F)N1CCC(S)/C(=C\c2ccnn2CCCC(=O)O)C1. The number of carboxylic acid groups (broad SMARTS) is 1. The molecule has 31 heavy (non-hydrogen) atoms. The molecule has 2 aromatic rings. The van der Waals surface area contributed by atoms with E-state index in [9.17, 15) is 14.0 Å². The molecular formula is C22H26FN3O4S. The summed E-state index contributed by atoms with van der Waals surface area (Å²) in [5.74, 6) is -1.80. The molecule has 3 rings (SSSR count). The summed E-state index contributed by atoms with van der Waals surface area (Å²) in [4.78, 5) is 25.2. The van der Waals surface area contributed by atoms with Crippen molar-refractivity contribution in [1.82, 2.24) is 14.7 Å². The van der Waals surface area contributed by atoms with Crippen LogP contribution in [0, 0.1) is 5.82 Å². The number of aliphatic carboxylic acids is 1. The zero-order valence-corrected chi connectivity index (χ0v) is 18.2. The van der Waals surface area contributed by atoms with Crippen molar-refractivity contribution in [3.05, 3.63) is 59.2 Å². The lowest BCUT2D eigenvalue weighted by Gasteiger charge is -2.36. The van der Waals surface area contributed by atoms with Crippen LogP contribution in [-0.2, 0) is 20.9 Å². The minimum absolute atomic E-state index is 0.0162. The van der Waals surface area contributed by atoms with E-state index in [1.54, 1.807) is 29.1 Å². The van der Waals surface area contributed by atoms with E-state index in [4.69, 9.17) is 22.5 Å². The minimum Gasteiger partial charge on any atom is -0.481 e. The molecule has 0 saturated carbocycles. The summed E-state index contributed by atoms with van der Waals surface area (Å²) in [6, 6.07) is 7.22. The van der Waals surface area contributed by atoms with Gasteiger partial charge in [-0.1, -0.05) is 18.2 Å². The van der Waals surface area contributed by atoms with Gasteiger partial charge in [0.25, 0.3) is 0 Å². The molecule has 1 aliphatic heterocycles. The van der Waals surface area contributed by atoms with E-state index in [2.05, 4.69) is 5.10 Å². The Hall–Kier alpha value is -2.65. The number of carbonyl (C=O) groups is 2. The van der Waals surface area contributed by atoms with E-state index in [1.807, 2.05) is 17.0 Å². The lowest BCUT2D eigenvalue weighted by atomic mass is 9.97. The van der Waals surface area contributed by atoms with Crippen molar-refractivity contribution < 1.29 is 23.8 Å². The standard InChI is InChI=1S/C22H26FN3O4S/c1-30-22(29)21(17-5-2-3-6-18(17)23)25-12-9-19(31)15(14-25)13-16-8-10-24-26(16)11-4-7-20(27)28/h2-3,5-6,8,10,13,19,21,31H,4,7,9,11-12,14H2,1H3,(H,27,28)/b15-13-. The van der Waals surface area contributed by atoms with Crippen molar-refractivity contribution in [3.63, 3.8) is 0 Å². The number of esters is 1. The number of piperidine rings is 1. The number of hydrogen-bond acceptors (Lipinski definition) is 6. The molecule has 1 aromatic carbocycles. The predicted octanol–water partition coefficient (Wildman–Crippen LogP) is 3.19. The number of ether oxygens (including phenoxy) is 1.